The summed E-state index contributed by atoms with van der Waals surface area (Å²) in [4.78, 5) is 24.6. The minimum Gasteiger partial charge on any atom is -0.406 e. The monoisotopic (exact) mass is 504 g/mol. The van der Waals surface area contributed by atoms with E-state index in [9.17, 15) is 18.0 Å². The van der Waals surface area contributed by atoms with E-state index in [0.29, 0.717) is 43.1 Å². The Labute approximate surface area is 206 Å². The maximum absolute atomic E-state index is 15.0. The number of likely N-dealkylation sites (N-methyl/N-ethyl adjacent to an activating group) is 1. The highest BCUT2D eigenvalue weighted by Gasteiger charge is 2.32. The van der Waals surface area contributed by atoms with E-state index in [1.54, 1.807) is 4.90 Å². The number of H-pyrrole nitrogens is 1. The van der Waals surface area contributed by atoms with Crippen LogP contribution in [0, 0.1) is 5.82 Å². The minimum atomic E-state index is -4.78. The molecule has 2 aliphatic heterocycles. The summed E-state index contributed by atoms with van der Waals surface area (Å²) in [6.45, 7) is 2.89. The van der Waals surface area contributed by atoms with Crippen LogP contribution in [0.5, 0.6) is 5.75 Å². The molecule has 10 heteroatoms. The van der Waals surface area contributed by atoms with E-state index in [1.807, 2.05) is 6.07 Å². The van der Waals surface area contributed by atoms with Gasteiger partial charge in [-0.3, -0.25) is 4.79 Å². The summed E-state index contributed by atoms with van der Waals surface area (Å²) < 4.78 is 56.0. The molecule has 2 saturated heterocycles. The van der Waals surface area contributed by atoms with E-state index in [2.05, 4.69) is 26.7 Å². The van der Waals surface area contributed by atoms with Crippen molar-refractivity contribution in [2.75, 3.05) is 33.2 Å². The van der Waals surface area contributed by atoms with E-state index in [0.717, 1.165) is 49.1 Å². The van der Waals surface area contributed by atoms with E-state index < -0.39 is 6.36 Å². The van der Waals surface area contributed by atoms with Gasteiger partial charge in [-0.2, -0.15) is 0 Å². The van der Waals surface area contributed by atoms with Crippen molar-refractivity contribution >= 4 is 16.9 Å². The molecule has 1 aromatic carbocycles. The number of alkyl halides is 3. The molecule has 1 N–H and O–H groups in total. The molecule has 1 atom stereocenters. The topological polar surface area (TPSA) is 61.5 Å². The molecular weight excluding hydrogens is 476 g/mol. The number of halogens is 4. The Morgan fingerprint density at radius 1 is 1.08 bits per heavy atom. The number of rotatable bonds is 4. The van der Waals surface area contributed by atoms with Crippen molar-refractivity contribution in [3.8, 4) is 5.75 Å². The van der Waals surface area contributed by atoms with Gasteiger partial charge < -0.3 is 19.5 Å². The largest absolute Gasteiger partial charge is 0.573 e. The number of amides is 1. The van der Waals surface area contributed by atoms with Gasteiger partial charge in [-0.1, -0.05) is 0 Å². The number of nitrogens with zero attached hydrogens (tertiary/aromatic N) is 3. The number of nitrogens with one attached hydrogen (secondary N) is 1. The summed E-state index contributed by atoms with van der Waals surface area (Å²) in [5.41, 5.74) is 2.70. The highest BCUT2D eigenvalue weighted by atomic mass is 19.4. The number of fused-ring (bicyclic) bond motifs is 1. The molecule has 3 aromatic rings. The first-order chi connectivity index (χ1) is 17.2. The number of piperidine rings is 2. The van der Waals surface area contributed by atoms with Crippen LogP contribution >= 0.6 is 0 Å². The predicted octanol–water partition coefficient (Wildman–Crippen LogP) is 5.43. The lowest BCUT2D eigenvalue weighted by molar-refractivity contribution is -0.274. The highest BCUT2D eigenvalue weighted by molar-refractivity contribution is 5.94. The van der Waals surface area contributed by atoms with Crippen LogP contribution in [0.4, 0.5) is 17.6 Å². The standard InChI is InChI=1S/C26H28F4N4O2/c1-33-10-2-3-18(15-33)22-13-20-23(21(27)14-31-24(20)32-22)16-8-11-34(12-9-16)25(35)17-4-6-19(7-5-17)36-26(28,29)30/h4-7,13-14,16,18H,2-3,8-12,15H2,1H3,(H,31,32). The maximum Gasteiger partial charge on any atom is 0.573 e. The van der Waals surface area contributed by atoms with Crippen molar-refractivity contribution in [2.24, 2.45) is 0 Å². The molecule has 5 rings (SSSR count). The summed E-state index contributed by atoms with van der Waals surface area (Å²) in [6.07, 6.45) is -0.136. The Morgan fingerprint density at radius 2 is 1.81 bits per heavy atom. The van der Waals surface area contributed by atoms with Crippen molar-refractivity contribution in [1.82, 2.24) is 19.8 Å². The fourth-order valence-corrected chi connectivity index (χ4v) is 5.50. The molecule has 2 aromatic heterocycles. The lowest BCUT2D eigenvalue weighted by Gasteiger charge is -2.32. The first-order valence-corrected chi connectivity index (χ1v) is 12.2. The molecule has 0 aliphatic carbocycles. The van der Waals surface area contributed by atoms with Crippen LogP contribution in [0.1, 0.15) is 59.1 Å². The second-order valence-corrected chi connectivity index (χ2v) is 9.75. The Balaban J connectivity index is 1.28. The SMILES string of the molecule is CN1CCCC(c2cc3c(C4CCN(C(=O)c5ccc(OC(F)(F)F)cc5)CC4)c(F)cnc3[nH]2)C1. The van der Waals surface area contributed by atoms with Crippen molar-refractivity contribution in [2.45, 2.75) is 43.9 Å². The molecule has 1 amide bonds. The second-order valence-electron chi connectivity index (χ2n) is 9.75. The average Bonchev–Trinajstić information content (AvgIpc) is 3.28. The highest BCUT2D eigenvalue weighted by Crippen LogP contribution is 2.37. The maximum atomic E-state index is 15.0. The number of carbonyl (C=O) groups is 1. The minimum absolute atomic E-state index is 0.0557. The summed E-state index contributed by atoms with van der Waals surface area (Å²) in [7, 11) is 2.11. The molecule has 0 spiro atoms. The molecule has 0 radical (unpaired) electrons. The van der Waals surface area contributed by atoms with Crippen molar-refractivity contribution in [3.05, 3.63) is 59.2 Å². The predicted molar refractivity (Wildman–Crippen MR) is 127 cm³/mol. The number of benzene rings is 1. The van der Waals surface area contributed by atoms with E-state index in [1.165, 1.54) is 18.3 Å². The number of hydrogen-bond donors (Lipinski definition) is 1. The molecule has 6 nitrogen and oxygen atoms in total. The van der Waals surface area contributed by atoms with E-state index >= 15 is 4.39 Å². The van der Waals surface area contributed by atoms with Gasteiger partial charge in [0.05, 0.1) is 6.20 Å². The molecular formula is C26H28F4N4O2. The lowest BCUT2D eigenvalue weighted by atomic mass is 9.87. The summed E-state index contributed by atoms with van der Waals surface area (Å²) in [6, 6.07) is 6.96. The normalized spacial score (nSPS) is 20.1. The van der Waals surface area contributed by atoms with E-state index in [4.69, 9.17) is 0 Å². The number of hydrogen-bond acceptors (Lipinski definition) is 4. The van der Waals surface area contributed by atoms with Crippen LogP contribution in [0.2, 0.25) is 0 Å². The number of aromatic amines is 1. The van der Waals surface area contributed by atoms with Crippen LogP contribution in [0.15, 0.2) is 36.5 Å². The van der Waals surface area contributed by atoms with Gasteiger partial charge in [0, 0.05) is 47.8 Å². The van der Waals surface area contributed by atoms with Crippen LogP contribution in [-0.4, -0.2) is 65.3 Å². The molecule has 36 heavy (non-hydrogen) atoms. The van der Waals surface area contributed by atoms with Gasteiger partial charge in [-0.05, 0) is 75.5 Å². The Kier molecular flexibility index (Phi) is 6.63. The zero-order valence-corrected chi connectivity index (χ0v) is 19.9. The molecule has 192 valence electrons. The number of pyridine rings is 1. The van der Waals surface area contributed by atoms with Crippen LogP contribution in [0.3, 0.4) is 0 Å². The van der Waals surface area contributed by atoms with Gasteiger partial charge in [-0.15, -0.1) is 13.2 Å². The Bertz CT molecular complexity index is 1230. The summed E-state index contributed by atoms with van der Waals surface area (Å²) in [5.74, 6) is -0.668. The third kappa shape index (κ3) is 5.18. The fourth-order valence-electron chi connectivity index (χ4n) is 5.50. The first kappa shape index (κ1) is 24.5. The molecule has 1 unspecified atom stereocenters. The summed E-state index contributed by atoms with van der Waals surface area (Å²) >= 11 is 0. The third-order valence-electron chi connectivity index (χ3n) is 7.26. The Hall–Kier alpha value is -3.14. The van der Waals surface area contributed by atoms with Crippen LogP contribution in [-0.2, 0) is 0 Å². The number of likely N-dealkylation sites (tertiary alicyclic amines) is 2. The molecule has 2 fully saturated rings. The van der Waals surface area contributed by atoms with Crippen LogP contribution in [0.25, 0.3) is 11.0 Å². The molecule has 2 aliphatic rings. The number of carbonyl (C=O) groups excluding carboxylic acids is 1. The van der Waals surface area contributed by atoms with E-state index in [-0.39, 0.29) is 29.0 Å². The zero-order chi connectivity index (χ0) is 25.4. The lowest BCUT2D eigenvalue weighted by Crippen LogP contribution is -2.38. The smallest absolute Gasteiger partial charge is 0.406 e. The van der Waals surface area contributed by atoms with Gasteiger partial charge in [0.2, 0.25) is 0 Å². The van der Waals surface area contributed by atoms with Gasteiger partial charge >= 0.3 is 6.36 Å². The average molecular weight is 505 g/mol. The fraction of sp³-hybridized carbons (Fsp3) is 0.462. The molecule has 0 saturated carbocycles. The summed E-state index contributed by atoms with van der Waals surface area (Å²) in [5, 5.41) is 0.809. The third-order valence-corrected chi connectivity index (χ3v) is 7.26. The van der Waals surface area contributed by atoms with Crippen molar-refractivity contribution in [3.63, 3.8) is 0 Å². The van der Waals surface area contributed by atoms with Gasteiger partial charge in [0.25, 0.3) is 5.91 Å². The second kappa shape index (κ2) is 9.72. The van der Waals surface area contributed by atoms with Crippen LogP contribution < -0.4 is 4.74 Å². The van der Waals surface area contributed by atoms with Crippen molar-refractivity contribution < 1.29 is 27.1 Å². The Morgan fingerprint density at radius 3 is 2.47 bits per heavy atom. The number of aromatic nitrogens is 2. The van der Waals surface area contributed by atoms with Gasteiger partial charge in [0.15, 0.2) is 0 Å². The quantitative estimate of drug-likeness (QED) is 0.482. The molecule has 4 heterocycles. The first-order valence-electron chi connectivity index (χ1n) is 12.2. The van der Waals surface area contributed by atoms with Gasteiger partial charge in [0.1, 0.15) is 17.2 Å². The van der Waals surface area contributed by atoms with Crippen molar-refractivity contribution in [1.29, 1.82) is 0 Å². The molecule has 0 bridgehead atoms. The zero-order valence-electron chi connectivity index (χ0n) is 19.9. The van der Waals surface area contributed by atoms with Gasteiger partial charge in [-0.25, -0.2) is 9.37 Å². The number of ether oxygens (including phenoxy) is 1.